The number of rotatable bonds is 6. The number of aromatic nitrogens is 1. The second kappa shape index (κ2) is 10.1. The van der Waals surface area contributed by atoms with Crippen LogP contribution >= 0.6 is 0 Å². The lowest BCUT2D eigenvalue weighted by Crippen LogP contribution is -2.47. The minimum absolute atomic E-state index is 0.141. The topological polar surface area (TPSA) is 67.8 Å². The zero-order chi connectivity index (χ0) is 20.7. The van der Waals surface area contributed by atoms with Crippen molar-refractivity contribution in [2.45, 2.75) is 67.0 Å². The molecule has 6 heteroatoms. The van der Waals surface area contributed by atoms with E-state index in [1.165, 1.54) is 6.42 Å². The Morgan fingerprint density at radius 2 is 2.07 bits per heavy atom. The van der Waals surface area contributed by atoms with E-state index < -0.39 is 0 Å². The van der Waals surface area contributed by atoms with Gasteiger partial charge < -0.3 is 20.1 Å². The molecule has 1 aliphatic heterocycles. The predicted octanol–water partition coefficient (Wildman–Crippen LogP) is 3.60. The van der Waals surface area contributed by atoms with Crippen LogP contribution in [-0.2, 0) is 11.3 Å². The average molecular weight is 391 g/mol. The van der Waals surface area contributed by atoms with Gasteiger partial charge in [-0.3, -0.25) is 4.98 Å². The standard InChI is InChI=1S/C22H38N4O2/c1-8-23-21(25-13-17-10-9-11-28-20(17)22(4,5)6)26-14-18-16(3)19(27-7)15(2)12-24-18/h12,17,20H,8-11,13-14H2,1-7H3,(H2,23,25,26). The lowest BCUT2D eigenvalue weighted by Gasteiger charge is -2.40. The summed E-state index contributed by atoms with van der Waals surface area (Å²) in [4.78, 5) is 9.31. The number of aryl methyl sites for hydroxylation is 1. The van der Waals surface area contributed by atoms with E-state index in [9.17, 15) is 0 Å². The third-order valence-electron chi connectivity index (χ3n) is 5.31. The minimum Gasteiger partial charge on any atom is -0.496 e. The fourth-order valence-electron chi connectivity index (χ4n) is 3.96. The van der Waals surface area contributed by atoms with Gasteiger partial charge in [-0.25, -0.2) is 4.99 Å². The smallest absolute Gasteiger partial charge is 0.191 e. The van der Waals surface area contributed by atoms with E-state index in [1.54, 1.807) is 7.11 Å². The maximum absolute atomic E-state index is 6.10. The fraction of sp³-hybridized carbons (Fsp3) is 0.727. The summed E-state index contributed by atoms with van der Waals surface area (Å²) in [5.41, 5.74) is 3.17. The molecule has 2 unspecified atom stereocenters. The Morgan fingerprint density at radius 3 is 2.71 bits per heavy atom. The number of methoxy groups -OCH3 is 1. The van der Waals surface area contributed by atoms with E-state index in [0.717, 1.165) is 54.6 Å². The van der Waals surface area contributed by atoms with Crippen molar-refractivity contribution in [1.82, 2.24) is 15.6 Å². The molecule has 0 spiro atoms. The number of ether oxygens (including phenoxy) is 2. The monoisotopic (exact) mass is 390 g/mol. The van der Waals surface area contributed by atoms with Crippen LogP contribution in [0, 0.1) is 25.2 Å². The highest BCUT2D eigenvalue weighted by molar-refractivity contribution is 5.79. The summed E-state index contributed by atoms with van der Waals surface area (Å²) in [6.45, 7) is 16.0. The van der Waals surface area contributed by atoms with Gasteiger partial charge in [0.2, 0.25) is 0 Å². The highest BCUT2D eigenvalue weighted by Crippen LogP contribution is 2.33. The molecule has 2 atom stereocenters. The number of nitrogens with one attached hydrogen (secondary N) is 2. The maximum Gasteiger partial charge on any atom is 0.191 e. The van der Waals surface area contributed by atoms with Gasteiger partial charge in [0.25, 0.3) is 0 Å². The maximum atomic E-state index is 6.10. The SMILES string of the molecule is CCNC(=NCc1ncc(C)c(OC)c1C)NCC1CCCOC1C(C)(C)C. The van der Waals surface area contributed by atoms with Crippen molar-refractivity contribution in [3.63, 3.8) is 0 Å². The molecule has 158 valence electrons. The van der Waals surface area contributed by atoms with Crippen LogP contribution in [0.5, 0.6) is 5.75 Å². The number of guanidine groups is 1. The van der Waals surface area contributed by atoms with Gasteiger partial charge in [-0.15, -0.1) is 0 Å². The summed E-state index contributed by atoms with van der Waals surface area (Å²) < 4.78 is 11.6. The highest BCUT2D eigenvalue weighted by Gasteiger charge is 2.35. The molecule has 1 fully saturated rings. The van der Waals surface area contributed by atoms with Gasteiger partial charge in [-0.05, 0) is 39.0 Å². The van der Waals surface area contributed by atoms with Gasteiger partial charge in [0.05, 0.1) is 25.5 Å². The number of pyridine rings is 1. The molecule has 0 aliphatic carbocycles. The number of aliphatic imine (C=N–C) groups is 1. The van der Waals surface area contributed by atoms with Crippen molar-refractivity contribution in [2.75, 3.05) is 26.8 Å². The van der Waals surface area contributed by atoms with Crippen molar-refractivity contribution < 1.29 is 9.47 Å². The van der Waals surface area contributed by atoms with Crippen LogP contribution in [0.15, 0.2) is 11.2 Å². The van der Waals surface area contributed by atoms with E-state index in [-0.39, 0.29) is 11.5 Å². The molecule has 2 N–H and O–H groups in total. The predicted molar refractivity (Wildman–Crippen MR) is 115 cm³/mol. The Kier molecular flexibility index (Phi) is 8.10. The van der Waals surface area contributed by atoms with Crippen molar-refractivity contribution in [3.05, 3.63) is 23.0 Å². The molecule has 1 aliphatic rings. The summed E-state index contributed by atoms with van der Waals surface area (Å²) in [7, 11) is 1.70. The second-order valence-electron chi connectivity index (χ2n) is 8.68. The van der Waals surface area contributed by atoms with Crippen LogP contribution in [-0.4, -0.2) is 43.9 Å². The molecule has 1 saturated heterocycles. The summed E-state index contributed by atoms with van der Waals surface area (Å²) in [6, 6.07) is 0. The van der Waals surface area contributed by atoms with Gasteiger partial charge >= 0.3 is 0 Å². The normalized spacial score (nSPS) is 20.8. The highest BCUT2D eigenvalue weighted by atomic mass is 16.5. The first-order chi connectivity index (χ1) is 13.3. The molecular weight excluding hydrogens is 352 g/mol. The van der Waals surface area contributed by atoms with Crippen LogP contribution in [0.4, 0.5) is 0 Å². The molecule has 0 bridgehead atoms. The fourth-order valence-corrected chi connectivity index (χ4v) is 3.96. The number of nitrogens with zero attached hydrogens (tertiary/aromatic N) is 2. The van der Waals surface area contributed by atoms with Gasteiger partial charge in [-0.1, -0.05) is 20.8 Å². The van der Waals surface area contributed by atoms with E-state index in [0.29, 0.717) is 12.5 Å². The van der Waals surface area contributed by atoms with E-state index >= 15 is 0 Å². The third kappa shape index (κ3) is 5.84. The largest absolute Gasteiger partial charge is 0.496 e. The Balaban J connectivity index is 2.06. The van der Waals surface area contributed by atoms with Gasteiger partial charge in [0.1, 0.15) is 5.75 Å². The summed E-state index contributed by atoms with van der Waals surface area (Å²) in [5.74, 6) is 2.20. The summed E-state index contributed by atoms with van der Waals surface area (Å²) in [6.07, 6.45) is 4.43. The van der Waals surface area contributed by atoms with E-state index in [4.69, 9.17) is 14.5 Å². The first-order valence-electron chi connectivity index (χ1n) is 10.4. The second-order valence-corrected chi connectivity index (χ2v) is 8.68. The molecular formula is C22H38N4O2. The quantitative estimate of drug-likeness (QED) is 0.574. The first-order valence-corrected chi connectivity index (χ1v) is 10.4. The van der Waals surface area contributed by atoms with Crippen molar-refractivity contribution in [2.24, 2.45) is 16.3 Å². The van der Waals surface area contributed by atoms with Crippen molar-refractivity contribution in [3.8, 4) is 5.75 Å². The van der Waals surface area contributed by atoms with Gasteiger partial charge in [0.15, 0.2) is 5.96 Å². The molecule has 0 saturated carbocycles. The lowest BCUT2D eigenvalue weighted by atomic mass is 9.78. The molecule has 28 heavy (non-hydrogen) atoms. The lowest BCUT2D eigenvalue weighted by molar-refractivity contribution is -0.0835. The Hall–Kier alpha value is -1.82. The van der Waals surface area contributed by atoms with Gasteiger partial charge in [0, 0.05) is 42.9 Å². The molecule has 2 rings (SSSR count). The van der Waals surface area contributed by atoms with Crippen LogP contribution in [0.3, 0.4) is 0 Å². The number of hydrogen-bond acceptors (Lipinski definition) is 4. The van der Waals surface area contributed by atoms with E-state index in [1.807, 2.05) is 20.0 Å². The molecule has 6 nitrogen and oxygen atoms in total. The summed E-state index contributed by atoms with van der Waals surface area (Å²) in [5, 5.41) is 6.87. The summed E-state index contributed by atoms with van der Waals surface area (Å²) >= 11 is 0. The first kappa shape index (κ1) is 22.5. The van der Waals surface area contributed by atoms with Crippen LogP contribution in [0.25, 0.3) is 0 Å². The third-order valence-corrected chi connectivity index (χ3v) is 5.31. The molecule has 0 amide bonds. The zero-order valence-corrected chi connectivity index (χ0v) is 18.7. The number of hydrogen-bond donors (Lipinski definition) is 2. The van der Waals surface area contributed by atoms with E-state index in [2.05, 4.69) is 43.3 Å². The Bertz CT molecular complexity index is 667. The minimum atomic E-state index is 0.141. The van der Waals surface area contributed by atoms with Crippen molar-refractivity contribution >= 4 is 5.96 Å². The molecule has 2 heterocycles. The molecule has 1 aromatic rings. The molecule has 0 aromatic carbocycles. The molecule has 0 radical (unpaired) electrons. The van der Waals surface area contributed by atoms with Crippen LogP contribution < -0.4 is 15.4 Å². The van der Waals surface area contributed by atoms with Crippen LogP contribution in [0.1, 0.15) is 57.4 Å². The average Bonchev–Trinajstić information content (AvgIpc) is 2.65. The zero-order valence-electron chi connectivity index (χ0n) is 18.7. The molecule has 1 aromatic heterocycles. The van der Waals surface area contributed by atoms with Crippen LogP contribution in [0.2, 0.25) is 0 Å². The Morgan fingerprint density at radius 1 is 1.32 bits per heavy atom. The van der Waals surface area contributed by atoms with Gasteiger partial charge in [-0.2, -0.15) is 0 Å². The Labute approximate surface area is 170 Å². The van der Waals surface area contributed by atoms with Crippen molar-refractivity contribution in [1.29, 1.82) is 0 Å².